The van der Waals surface area contributed by atoms with Crippen LogP contribution in [0.5, 0.6) is 0 Å². The van der Waals surface area contributed by atoms with Crippen LogP contribution in [0.3, 0.4) is 0 Å². The fourth-order valence-corrected chi connectivity index (χ4v) is 3.32. The molecule has 17 heavy (non-hydrogen) atoms. The van der Waals surface area contributed by atoms with Crippen molar-refractivity contribution in [2.24, 2.45) is 5.73 Å². The summed E-state index contributed by atoms with van der Waals surface area (Å²) >= 11 is 0. The Bertz CT molecular complexity index is 495. The molecule has 3 heteroatoms. The topological polar surface area (TPSA) is 46.3 Å². The fraction of sp³-hybridized carbons (Fsp3) is 0.500. The van der Waals surface area contributed by atoms with Gasteiger partial charge in [-0.25, -0.2) is 0 Å². The van der Waals surface area contributed by atoms with E-state index >= 15 is 0 Å². The van der Waals surface area contributed by atoms with Gasteiger partial charge in [-0.05, 0) is 42.5 Å². The molecule has 0 bridgehead atoms. The van der Waals surface area contributed by atoms with Crippen LogP contribution in [0.25, 0.3) is 0 Å². The van der Waals surface area contributed by atoms with Crippen LogP contribution >= 0.6 is 0 Å². The first-order valence-electron chi connectivity index (χ1n) is 6.23. The summed E-state index contributed by atoms with van der Waals surface area (Å²) in [7, 11) is 0. The van der Waals surface area contributed by atoms with Gasteiger partial charge in [0.2, 0.25) is 5.91 Å². The maximum Gasteiger partial charge on any atom is 0.224 e. The van der Waals surface area contributed by atoms with Crippen molar-refractivity contribution in [1.82, 2.24) is 4.90 Å². The van der Waals surface area contributed by atoms with Gasteiger partial charge in [0.1, 0.15) is 0 Å². The van der Waals surface area contributed by atoms with Gasteiger partial charge in [0.05, 0.1) is 6.04 Å². The van der Waals surface area contributed by atoms with E-state index in [0.29, 0.717) is 6.42 Å². The van der Waals surface area contributed by atoms with Crippen molar-refractivity contribution in [2.75, 3.05) is 6.54 Å². The van der Waals surface area contributed by atoms with Crippen molar-refractivity contribution in [1.29, 1.82) is 0 Å². The first-order chi connectivity index (χ1) is 8.09. The number of carbonyl (C=O) groups is 1. The third kappa shape index (κ3) is 1.42. The summed E-state index contributed by atoms with van der Waals surface area (Å²) in [6.45, 7) is 5.10. The lowest BCUT2D eigenvalue weighted by Gasteiger charge is -2.35. The predicted octanol–water partition coefficient (Wildman–Crippen LogP) is 1.46. The van der Waals surface area contributed by atoms with Crippen LogP contribution < -0.4 is 5.73 Å². The van der Waals surface area contributed by atoms with Gasteiger partial charge < -0.3 is 10.6 Å². The number of carbonyl (C=O) groups excluding carboxylic acids is 1. The van der Waals surface area contributed by atoms with Gasteiger partial charge in [-0.15, -0.1) is 0 Å². The van der Waals surface area contributed by atoms with Crippen LogP contribution in [0.1, 0.15) is 34.7 Å². The van der Waals surface area contributed by atoms with Gasteiger partial charge in [0, 0.05) is 19.0 Å². The Morgan fingerprint density at radius 1 is 1.29 bits per heavy atom. The Hall–Kier alpha value is -1.35. The molecule has 1 saturated heterocycles. The van der Waals surface area contributed by atoms with Crippen molar-refractivity contribution in [3.05, 3.63) is 34.4 Å². The Morgan fingerprint density at radius 3 is 2.76 bits per heavy atom. The van der Waals surface area contributed by atoms with Crippen molar-refractivity contribution >= 4 is 5.91 Å². The highest BCUT2D eigenvalue weighted by molar-refractivity contribution is 5.81. The first-order valence-corrected chi connectivity index (χ1v) is 6.23. The highest BCUT2D eigenvalue weighted by Gasteiger charge is 2.42. The Kier molecular flexibility index (Phi) is 2.26. The summed E-state index contributed by atoms with van der Waals surface area (Å²) in [5.74, 6) is 0.217. The summed E-state index contributed by atoms with van der Waals surface area (Å²) in [5, 5.41) is 0. The molecule has 1 fully saturated rings. The standard InChI is InChI=1S/C14H18N2O/c1-8-3-4-9(2)13-10(8)5-6-16-12(17)7-11(15)14(13)16/h3-4,11,14H,5-7,15H2,1-2H3. The molecule has 1 amide bonds. The molecule has 0 saturated carbocycles. The minimum Gasteiger partial charge on any atom is -0.334 e. The van der Waals surface area contributed by atoms with E-state index in [4.69, 9.17) is 5.73 Å². The molecule has 2 aliphatic rings. The van der Waals surface area contributed by atoms with Crippen molar-refractivity contribution in [3.63, 3.8) is 0 Å². The lowest BCUT2D eigenvalue weighted by molar-refractivity contribution is -0.129. The second-order valence-corrected chi connectivity index (χ2v) is 5.24. The van der Waals surface area contributed by atoms with E-state index < -0.39 is 0 Å². The molecule has 90 valence electrons. The molecule has 1 aromatic rings. The van der Waals surface area contributed by atoms with E-state index in [2.05, 4.69) is 26.0 Å². The molecule has 3 rings (SSSR count). The van der Waals surface area contributed by atoms with Crippen LogP contribution in [0, 0.1) is 13.8 Å². The van der Waals surface area contributed by atoms with Crippen LogP contribution in [0.15, 0.2) is 12.1 Å². The minimum absolute atomic E-state index is 0.0398. The maximum absolute atomic E-state index is 11.9. The summed E-state index contributed by atoms with van der Waals surface area (Å²) < 4.78 is 0. The summed E-state index contributed by atoms with van der Waals surface area (Å²) in [4.78, 5) is 13.8. The zero-order valence-corrected chi connectivity index (χ0v) is 10.4. The molecule has 0 radical (unpaired) electrons. The highest BCUT2D eigenvalue weighted by atomic mass is 16.2. The molecule has 0 aliphatic carbocycles. The molecule has 2 unspecified atom stereocenters. The van der Waals surface area contributed by atoms with Gasteiger partial charge in [-0.1, -0.05) is 12.1 Å². The normalized spacial score (nSPS) is 27.0. The number of nitrogens with zero attached hydrogens (tertiary/aromatic N) is 1. The summed E-state index contributed by atoms with van der Waals surface area (Å²) in [6, 6.07) is 4.40. The van der Waals surface area contributed by atoms with E-state index in [1.165, 1.54) is 22.3 Å². The highest BCUT2D eigenvalue weighted by Crippen LogP contribution is 2.40. The zero-order chi connectivity index (χ0) is 12.2. The second kappa shape index (κ2) is 3.57. The fourth-order valence-electron chi connectivity index (χ4n) is 3.32. The van der Waals surface area contributed by atoms with Crippen molar-refractivity contribution < 1.29 is 4.79 Å². The number of amides is 1. The first kappa shape index (κ1) is 10.8. The van der Waals surface area contributed by atoms with E-state index in [9.17, 15) is 4.79 Å². The van der Waals surface area contributed by atoms with Gasteiger partial charge in [0.25, 0.3) is 0 Å². The third-order valence-corrected chi connectivity index (χ3v) is 4.18. The van der Waals surface area contributed by atoms with Crippen molar-refractivity contribution in [2.45, 2.75) is 38.8 Å². The van der Waals surface area contributed by atoms with Crippen LogP contribution in [0.2, 0.25) is 0 Å². The van der Waals surface area contributed by atoms with Crippen molar-refractivity contribution in [3.8, 4) is 0 Å². The van der Waals surface area contributed by atoms with Gasteiger partial charge in [0.15, 0.2) is 0 Å². The molecule has 2 atom stereocenters. The monoisotopic (exact) mass is 230 g/mol. The number of hydrogen-bond donors (Lipinski definition) is 1. The predicted molar refractivity (Wildman–Crippen MR) is 66.7 cm³/mol. The molecule has 3 nitrogen and oxygen atoms in total. The summed E-state index contributed by atoms with van der Waals surface area (Å²) in [5.41, 5.74) is 11.5. The number of aryl methyl sites for hydroxylation is 2. The molecule has 0 spiro atoms. The number of rotatable bonds is 0. The number of fused-ring (bicyclic) bond motifs is 3. The molecular formula is C14H18N2O. The van der Waals surface area contributed by atoms with Gasteiger partial charge in [-0.2, -0.15) is 0 Å². The number of hydrogen-bond acceptors (Lipinski definition) is 2. The molecule has 2 heterocycles. The van der Waals surface area contributed by atoms with Gasteiger partial charge in [-0.3, -0.25) is 4.79 Å². The van der Waals surface area contributed by atoms with E-state index in [-0.39, 0.29) is 18.0 Å². The largest absolute Gasteiger partial charge is 0.334 e. The minimum atomic E-state index is -0.0398. The Morgan fingerprint density at radius 2 is 2.00 bits per heavy atom. The third-order valence-electron chi connectivity index (χ3n) is 4.18. The van der Waals surface area contributed by atoms with E-state index in [1.807, 2.05) is 4.90 Å². The molecule has 2 N–H and O–H groups in total. The lowest BCUT2D eigenvalue weighted by Crippen LogP contribution is -2.39. The van der Waals surface area contributed by atoms with E-state index in [1.54, 1.807) is 0 Å². The maximum atomic E-state index is 11.9. The zero-order valence-electron chi connectivity index (χ0n) is 10.4. The number of nitrogens with two attached hydrogens (primary N) is 1. The van der Waals surface area contributed by atoms with Crippen LogP contribution in [0.4, 0.5) is 0 Å². The smallest absolute Gasteiger partial charge is 0.224 e. The molecule has 1 aromatic carbocycles. The molecular weight excluding hydrogens is 212 g/mol. The number of benzene rings is 1. The average molecular weight is 230 g/mol. The van der Waals surface area contributed by atoms with Crippen LogP contribution in [-0.4, -0.2) is 23.4 Å². The van der Waals surface area contributed by atoms with E-state index in [0.717, 1.165) is 13.0 Å². The second-order valence-electron chi connectivity index (χ2n) is 5.24. The SMILES string of the molecule is Cc1ccc(C)c2c1CCN1C(=O)CC(N)C21. The van der Waals surface area contributed by atoms with Crippen LogP contribution in [-0.2, 0) is 11.2 Å². The molecule has 2 aliphatic heterocycles. The average Bonchev–Trinajstić information content (AvgIpc) is 2.60. The van der Waals surface area contributed by atoms with Gasteiger partial charge >= 0.3 is 0 Å². The summed E-state index contributed by atoms with van der Waals surface area (Å²) in [6.07, 6.45) is 1.47. The quantitative estimate of drug-likeness (QED) is 0.733. The Balaban J connectivity index is 2.18. The molecule has 0 aromatic heterocycles. The Labute approximate surface area is 102 Å². The lowest BCUT2D eigenvalue weighted by atomic mass is 9.85.